The van der Waals surface area contributed by atoms with Crippen molar-refractivity contribution in [1.82, 2.24) is 0 Å². The Balaban J connectivity index is 1.82. The number of ether oxygens (including phenoxy) is 2. The van der Waals surface area contributed by atoms with E-state index in [0.717, 1.165) is 19.4 Å². The average molecular weight is 200 g/mol. The fourth-order valence-corrected chi connectivity index (χ4v) is 2.46. The Hall–Kier alpha value is -0.120. The fraction of sp³-hybridized carbons (Fsp3) is 1.00. The summed E-state index contributed by atoms with van der Waals surface area (Å²) in [6.07, 6.45) is 4.83. The van der Waals surface area contributed by atoms with Crippen molar-refractivity contribution in [1.29, 1.82) is 0 Å². The van der Waals surface area contributed by atoms with Crippen LogP contribution in [0.3, 0.4) is 0 Å². The van der Waals surface area contributed by atoms with E-state index < -0.39 is 0 Å². The maximum atomic E-state index is 9.71. The van der Waals surface area contributed by atoms with Crippen molar-refractivity contribution in [2.24, 2.45) is 5.92 Å². The number of hydrogen-bond donors (Lipinski definition) is 1. The molecule has 0 radical (unpaired) electrons. The third-order valence-electron chi connectivity index (χ3n) is 3.44. The second-order valence-corrected chi connectivity index (χ2v) is 4.49. The van der Waals surface area contributed by atoms with Crippen LogP contribution in [-0.4, -0.2) is 36.6 Å². The largest absolute Gasteiger partial charge is 0.390 e. The highest BCUT2D eigenvalue weighted by atomic mass is 16.5. The number of rotatable bonds is 2. The van der Waals surface area contributed by atoms with Gasteiger partial charge in [0.25, 0.3) is 0 Å². The van der Waals surface area contributed by atoms with E-state index in [2.05, 4.69) is 0 Å². The summed E-state index contributed by atoms with van der Waals surface area (Å²) in [6.45, 7) is 3.44. The van der Waals surface area contributed by atoms with Crippen molar-refractivity contribution in [3.63, 3.8) is 0 Å². The third-order valence-corrected chi connectivity index (χ3v) is 3.44. The molecule has 0 amide bonds. The van der Waals surface area contributed by atoms with Crippen LogP contribution in [0, 0.1) is 5.92 Å². The van der Waals surface area contributed by atoms with E-state index in [0.29, 0.717) is 12.7 Å². The van der Waals surface area contributed by atoms with Gasteiger partial charge < -0.3 is 14.6 Å². The molecule has 3 heteroatoms. The third kappa shape index (κ3) is 2.27. The minimum atomic E-state index is -0.282. The van der Waals surface area contributed by atoms with Gasteiger partial charge in [-0.3, -0.25) is 0 Å². The van der Waals surface area contributed by atoms with E-state index in [1.165, 1.54) is 12.8 Å². The molecular formula is C11H20O3. The molecule has 14 heavy (non-hydrogen) atoms. The van der Waals surface area contributed by atoms with Gasteiger partial charge >= 0.3 is 0 Å². The molecule has 0 aromatic rings. The zero-order valence-corrected chi connectivity index (χ0v) is 8.82. The average Bonchev–Trinajstić information content (AvgIpc) is 2.51. The molecule has 2 saturated heterocycles. The molecule has 0 aliphatic carbocycles. The molecule has 2 rings (SSSR count). The van der Waals surface area contributed by atoms with E-state index in [-0.39, 0.29) is 18.1 Å². The molecule has 0 aromatic carbocycles. The molecule has 0 aromatic heterocycles. The molecule has 2 heterocycles. The SMILES string of the molecule is CC1OCC(O)C1CC1CCCCO1. The Morgan fingerprint density at radius 3 is 2.71 bits per heavy atom. The quantitative estimate of drug-likeness (QED) is 0.731. The van der Waals surface area contributed by atoms with E-state index in [4.69, 9.17) is 9.47 Å². The monoisotopic (exact) mass is 200 g/mol. The number of aliphatic hydroxyl groups is 1. The zero-order valence-electron chi connectivity index (χ0n) is 8.82. The van der Waals surface area contributed by atoms with E-state index in [9.17, 15) is 5.11 Å². The first-order chi connectivity index (χ1) is 6.77. The minimum Gasteiger partial charge on any atom is -0.390 e. The van der Waals surface area contributed by atoms with Crippen LogP contribution in [0.1, 0.15) is 32.6 Å². The first-order valence-electron chi connectivity index (χ1n) is 5.68. The van der Waals surface area contributed by atoms with Crippen LogP contribution in [0.15, 0.2) is 0 Å². The summed E-state index contributed by atoms with van der Waals surface area (Å²) in [5.74, 6) is 0.276. The standard InChI is InChI=1S/C11H20O3/c1-8-10(11(12)7-14-8)6-9-4-2-3-5-13-9/h8-12H,2-7H2,1H3. The molecule has 4 atom stereocenters. The Kier molecular flexibility index (Phi) is 3.42. The predicted octanol–water partition coefficient (Wildman–Crippen LogP) is 1.34. The van der Waals surface area contributed by atoms with E-state index in [1.807, 2.05) is 6.92 Å². The van der Waals surface area contributed by atoms with Crippen molar-refractivity contribution < 1.29 is 14.6 Å². The van der Waals surface area contributed by atoms with Crippen LogP contribution in [0.5, 0.6) is 0 Å². The van der Waals surface area contributed by atoms with E-state index in [1.54, 1.807) is 0 Å². The molecule has 2 fully saturated rings. The zero-order chi connectivity index (χ0) is 9.97. The lowest BCUT2D eigenvalue weighted by Gasteiger charge is -2.27. The molecular weight excluding hydrogens is 180 g/mol. The van der Waals surface area contributed by atoms with Gasteiger partial charge in [-0.05, 0) is 32.6 Å². The Morgan fingerprint density at radius 2 is 2.14 bits per heavy atom. The fourth-order valence-electron chi connectivity index (χ4n) is 2.46. The Labute approximate surface area is 85.4 Å². The highest BCUT2D eigenvalue weighted by Crippen LogP contribution is 2.29. The summed E-state index contributed by atoms with van der Waals surface area (Å²) in [4.78, 5) is 0. The normalized spacial score (nSPS) is 44.1. The lowest BCUT2D eigenvalue weighted by Crippen LogP contribution is -2.30. The number of aliphatic hydroxyl groups excluding tert-OH is 1. The first kappa shape index (κ1) is 10.4. The summed E-state index contributed by atoms with van der Waals surface area (Å²) >= 11 is 0. The maximum absolute atomic E-state index is 9.71. The van der Waals surface area contributed by atoms with Gasteiger partial charge in [0.15, 0.2) is 0 Å². The van der Waals surface area contributed by atoms with Gasteiger partial charge in [-0.1, -0.05) is 0 Å². The highest BCUT2D eigenvalue weighted by molar-refractivity contribution is 4.83. The summed E-state index contributed by atoms with van der Waals surface area (Å²) in [6, 6.07) is 0. The minimum absolute atomic E-state index is 0.190. The summed E-state index contributed by atoms with van der Waals surface area (Å²) in [5, 5.41) is 9.71. The van der Waals surface area contributed by atoms with Gasteiger partial charge in [-0.25, -0.2) is 0 Å². The predicted molar refractivity (Wildman–Crippen MR) is 53.1 cm³/mol. The summed E-state index contributed by atoms with van der Waals surface area (Å²) in [7, 11) is 0. The van der Waals surface area contributed by atoms with Gasteiger partial charge in [0, 0.05) is 12.5 Å². The van der Waals surface area contributed by atoms with Crippen LogP contribution in [0.2, 0.25) is 0 Å². The molecule has 0 saturated carbocycles. The van der Waals surface area contributed by atoms with Crippen molar-refractivity contribution in [2.45, 2.75) is 50.9 Å². The van der Waals surface area contributed by atoms with Gasteiger partial charge in [-0.15, -0.1) is 0 Å². The summed E-state index contributed by atoms with van der Waals surface area (Å²) in [5.41, 5.74) is 0. The topological polar surface area (TPSA) is 38.7 Å². The summed E-state index contributed by atoms with van der Waals surface area (Å²) < 4.78 is 11.1. The van der Waals surface area contributed by atoms with Crippen molar-refractivity contribution in [3.05, 3.63) is 0 Å². The van der Waals surface area contributed by atoms with Crippen LogP contribution in [0.4, 0.5) is 0 Å². The molecule has 1 N–H and O–H groups in total. The highest BCUT2D eigenvalue weighted by Gasteiger charge is 2.35. The van der Waals surface area contributed by atoms with Crippen LogP contribution in [0.25, 0.3) is 0 Å². The maximum Gasteiger partial charge on any atom is 0.0827 e. The molecule has 2 aliphatic rings. The van der Waals surface area contributed by atoms with Crippen molar-refractivity contribution in [3.8, 4) is 0 Å². The lowest BCUT2D eigenvalue weighted by atomic mass is 9.90. The van der Waals surface area contributed by atoms with Crippen molar-refractivity contribution >= 4 is 0 Å². The number of hydrogen-bond acceptors (Lipinski definition) is 3. The second kappa shape index (κ2) is 4.60. The van der Waals surface area contributed by atoms with Crippen LogP contribution >= 0.6 is 0 Å². The van der Waals surface area contributed by atoms with Gasteiger partial charge in [0.2, 0.25) is 0 Å². The lowest BCUT2D eigenvalue weighted by molar-refractivity contribution is -0.0142. The van der Waals surface area contributed by atoms with Gasteiger partial charge in [0.05, 0.1) is 24.9 Å². The Morgan fingerprint density at radius 1 is 1.29 bits per heavy atom. The smallest absolute Gasteiger partial charge is 0.0827 e. The second-order valence-electron chi connectivity index (χ2n) is 4.49. The molecule has 4 unspecified atom stereocenters. The van der Waals surface area contributed by atoms with Crippen LogP contribution in [-0.2, 0) is 9.47 Å². The van der Waals surface area contributed by atoms with Crippen molar-refractivity contribution in [2.75, 3.05) is 13.2 Å². The first-order valence-corrected chi connectivity index (χ1v) is 5.68. The molecule has 0 spiro atoms. The molecule has 2 aliphatic heterocycles. The molecule has 3 nitrogen and oxygen atoms in total. The van der Waals surface area contributed by atoms with Crippen LogP contribution < -0.4 is 0 Å². The van der Waals surface area contributed by atoms with Gasteiger partial charge in [-0.2, -0.15) is 0 Å². The van der Waals surface area contributed by atoms with E-state index >= 15 is 0 Å². The van der Waals surface area contributed by atoms with Gasteiger partial charge in [0.1, 0.15) is 0 Å². The Bertz CT molecular complexity index is 167. The molecule has 82 valence electrons. The molecule has 0 bridgehead atoms.